The summed E-state index contributed by atoms with van der Waals surface area (Å²) in [5.41, 5.74) is 0.199. The van der Waals surface area contributed by atoms with Crippen molar-refractivity contribution in [2.75, 3.05) is 19.6 Å². The van der Waals surface area contributed by atoms with E-state index in [9.17, 15) is 18.0 Å². The van der Waals surface area contributed by atoms with Gasteiger partial charge in [0.15, 0.2) is 0 Å². The Morgan fingerprint density at radius 1 is 1.16 bits per heavy atom. The number of rotatable bonds is 9. The van der Waals surface area contributed by atoms with Gasteiger partial charge >= 0.3 is 0 Å². The van der Waals surface area contributed by atoms with E-state index in [0.29, 0.717) is 13.1 Å². The summed E-state index contributed by atoms with van der Waals surface area (Å²) >= 11 is 0. The molecule has 0 aliphatic carbocycles. The molecule has 140 valence electrons. The minimum atomic E-state index is -3.63. The number of carbonyl (C=O) groups is 2. The van der Waals surface area contributed by atoms with Crippen molar-refractivity contribution >= 4 is 21.8 Å². The highest BCUT2D eigenvalue weighted by atomic mass is 32.2. The minimum Gasteiger partial charge on any atom is -0.352 e. The average Bonchev–Trinajstić information content (AvgIpc) is 2.60. The third kappa shape index (κ3) is 5.82. The van der Waals surface area contributed by atoms with Crippen LogP contribution in [0.4, 0.5) is 0 Å². The Labute approximate surface area is 149 Å². The number of hydrogen-bond donors (Lipinski definition) is 2. The van der Waals surface area contributed by atoms with Crippen molar-refractivity contribution < 1.29 is 18.0 Å². The van der Waals surface area contributed by atoms with Crippen LogP contribution >= 0.6 is 0 Å². The van der Waals surface area contributed by atoms with E-state index in [-0.39, 0.29) is 29.0 Å². The van der Waals surface area contributed by atoms with Crippen molar-refractivity contribution in [1.82, 2.24) is 14.9 Å². The molecule has 0 heterocycles. The first-order valence-corrected chi connectivity index (χ1v) is 9.87. The molecule has 25 heavy (non-hydrogen) atoms. The van der Waals surface area contributed by atoms with Crippen molar-refractivity contribution in [1.29, 1.82) is 0 Å². The van der Waals surface area contributed by atoms with E-state index < -0.39 is 15.9 Å². The van der Waals surface area contributed by atoms with E-state index in [2.05, 4.69) is 10.6 Å². The molecule has 0 aliphatic heterocycles. The van der Waals surface area contributed by atoms with Crippen LogP contribution in [0, 0.1) is 0 Å². The molecule has 0 bridgehead atoms. The Balaban J connectivity index is 2.84. The molecule has 1 rings (SSSR count). The van der Waals surface area contributed by atoms with Crippen LogP contribution in [0.2, 0.25) is 0 Å². The van der Waals surface area contributed by atoms with Crippen molar-refractivity contribution in [3.8, 4) is 0 Å². The van der Waals surface area contributed by atoms with Crippen LogP contribution in [-0.2, 0) is 14.8 Å². The maximum absolute atomic E-state index is 12.5. The predicted octanol–water partition coefficient (Wildman–Crippen LogP) is 1.36. The van der Waals surface area contributed by atoms with Crippen LogP contribution < -0.4 is 10.6 Å². The summed E-state index contributed by atoms with van der Waals surface area (Å²) in [5.74, 6) is -0.773. The lowest BCUT2D eigenvalue weighted by Crippen LogP contribution is -2.40. The fourth-order valence-corrected chi connectivity index (χ4v) is 3.71. The van der Waals surface area contributed by atoms with Gasteiger partial charge < -0.3 is 10.6 Å². The largest absolute Gasteiger partial charge is 0.352 e. The molecular formula is C17H27N3O4S. The number of nitrogens with zero attached hydrogens (tertiary/aromatic N) is 1. The first-order valence-electron chi connectivity index (χ1n) is 8.43. The first kappa shape index (κ1) is 21.1. The Hall–Kier alpha value is -1.93. The van der Waals surface area contributed by atoms with Crippen LogP contribution in [-0.4, -0.2) is 50.2 Å². The molecule has 2 amide bonds. The van der Waals surface area contributed by atoms with Gasteiger partial charge in [-0.2, -0.15) is 4.31 Å². The first-order chi connectivity index (χ1) is 11.8. The molecule has 0 aromatic heterocycles. The zero-order valence-electron chi connectivity index (χ0n) is 15.2. The molecule has 0 aliphatic rings. The fraction of sp³-hybridized carbons (Fsp3) is 0.529. The van der Waals surface area contributed by atoms with E-state index in [4.69, 9.17) is 0 Å². The van der Waals surface area contributed by atoms with Gasteiger partial charge in [-0.1, -0.05) is 26.8 Å². The van der Waals surface area contributed by atoms with E-state index in [1.807, 2.05) is 13.8 Å². The van der Waals surface area contributed by atoms with E-state index in [0.717, 1.165) is 6.42 Å². The van der Waals surface area contributed by atoms with Crippen LogP contribution in [0.5, 0.6) is 0 Å². The van der Waals surface area contributed by atoms with Gasteiger partial charge in [-0.3, -0.25) is 9.59 Å². The molecule has 0 saturated heterocycles. The van der Waals surface area contributed by atoms with Crippen molar-refractivity contribution in [2.45, 2.75) is 45.1 Å². The maximum Gasteiger partial charge on any atom is 0.251 e. The van der Waals surface area contributed by atoms with Crippen LogP contribution in [0.3, 0.4) is 0 Å². The molecule has 1 atom stereocenters. The molecule has 2 N–H and O–H groups in total. The second-order valence-electron chi connectivity index (χ2n) is 5.68. The molecule has 1 aromatic carbocycles. The van der Waals surface area contributed by atoms with E-state index in [1.165, 1.54) is 28.6 Å². The highest BCUT2D eigenvalue weighted by molar-refractivity contribution is 7.89. The Kier molecular flexibility index (Phi) is 8.05. The van der Waals surface area contributed by atoms with Gasteiger partial charge in [0.05, 0.1) is 11.4 Å². The molecule has 0 fully saturated rings. The van der Waals surface area contributed by atoms with Crippen LogP contribution in [0.15, 0.2) is 29.2 Å². The second kappa shape index (κ2) is 9.53. The third-order valence-corrected chi connectivity index (χ3v) is 5.91. The number of hydrogen-bond acceptors (Lipinski definition) is 4. The van der Waals surface area contributed by atoms with Gasteiger partial charge in [0, 0.05) is 24.7 Å². The normalized spacial score (nSPS) is 12.7. The monoisotopic (exact) mass is 369 g/mol. The zero-order chi connectivity index (χ0) is 19.0. The molecule has 0 spiro atoms. The van der Waals surface area contributed by atoms with Gasteiger partial charge in [-0.05, 0) is 31.5 Å². The quantitative estimate of drug-likeness (QED) is 0.687. The van der Waals surface area contributed by atoms with E-state index >= 15 is 0 Å². The molecule has 0 saturated carbocycles. The third-order valence-electron chi connectivity index (χ3n) is 3.87. The van der Waals surface area contributed by atoms with Gasteiger partial charge in [0.25, 0.3) is 5.91 Å². The van der Waals surface area contributed by atoms with Crippen molar-refractivity contribution in [3.63, 3.8) is 0 Å². The zero-order valence-corrected chi connectivity index (χ0v) is 16.0. The smallest absolute Gasteiger partial charge is 0.251 e. The minimum absolute atomic E-state index is 0.0342. The summed E-state index contributed by atoms with van der Waals surface area (Å²) in [5, 5.41) is 5.25. The summed E-state index contributed by atoms with van der Waals surface area (Å²) in [4.78, 5) is 24.0. The number of carbonyl (C=O) groups excluding carboxylic acids is 2. The number of benzene rings is 1. The Bertz CT molecular complexity index is 700. The van der Waals surface area contributed by atoms with Crippen molar-refractivity contribution in [2.24, 2.45) is 0 Å². The summed E-state index contributed by atoms with van der Waals surface area (Å²) in [6.45, 7) is 7.89. The standard InChI is InChI=1S/C17H27N3O4S/c1-5-13(4)19-16(21)12-18-17(22)14-9-8-10-15(11-14)25(23,24)20(6-2)7-3/h8-11,13H,5-7,12H2,1-4H3,(H,18,22)(H,19,21). The van der Waals surface area contributed by atoms with Gasteiger partial charge in [-0.25, -0.2) is 8.42 Å². The van der Waals surface area contributed by atoms with Gasteiger partial charge in [0.2, 0.25) is 15.9 Å². The summed E-state index contributed by atoms with van der Waals surface area (Å²) in [6.07, 6.45) is 0.797. The molecule has 8 heteroatoms. The number of nitrogens with one attached hydrogen (secondary N) is 2. The average molecular weight is 369 g/mol. The summed E-state index contributed by atoms with van der Waals surface area (Å²) in [7, 11) is -3.63. The van der Waals surface area contributed by atoms with Crippen LogP contribution in [0.25, 0.3) is 0 Å². The lowest BCUT2D eigenvalue weighted by molar-refractivity contribution is -0.120. The molecule has 0 radical (unpaired) electrons. The lowest BCUT2D eigenvalue weighted by Gasteiger charge is -2.18. The predicted molar refractivity (Wildman–Crippen MR) is 96.8 cm³/mol. The second-order valence-corrected chi connectivity index (χ2v) is 7.61. The fourth-order valence-electron chi connectivity index (χ4n) is 2.20. The Morgan fingerprint density at radius 2 is 1.80 bits per heavy atom. The number of sulfonamides is 1. The topological polar surface area (TPSA) is 95.6 Å². The maximum atomic E-state index is 12.5. The molecule has 1 unspecified atom stereocenters. The van der Waals surface area contributed by atoms with Crippen molar-refractivity contribution in [3.05, 3.63) is 29.8 Å². The Morgan fingerprint density at radius 3 is 2.36 bits per heavy atom. The SMILES string of the molecule is CCC(C)NC(=O)CNC(=O)c1cccc(S(=O)(=O)N(CC)CC)c1. The molecule has 7 nitrogen and oxygen atoms in total. The number of amides is 2. The summed E-state index contributed by atoms with van der Waals surface area (Å²) in [6, 6.07) is 5.86. The highest BCUT2D eigenvalue weighted by Crippen LogP contribution is 2.16. The van der Waals surface area contributed by atoms with Gasteiger partial charge in [0.1, 0.15) is 0 Å². The molecule has 1 aromatic rings. The summed E-state index contributed by atoms with van der Waals surface area (Å²) < 4.78 is 26.4. The van der Waals surface area contributed by atoms with Gasteiger partial charge in [-0.15, -0.1) is 0 Å². The van der Waals surface area contributed by atoms with E-state index in [1.54, 1.807) is 13.8 Å². The molecular weight excluding hydrogens is 342 g/mol. The highest BCUT2D eigenvalue weighted by Gasteiger charge is 2.22. The van der Waals surface area contributed by atoms with Crippen LogP contribution in [0.1, 0.15) is 44.5 Å². The lowest BCUT2D eigenvalue weighted by atomic mass is 10.2.